The zero-order chi connectivity index (χ0) is 24.4. The summed E-state index contributed by atoms with van der Waals surface area (Å²) < 4.78 is 18.4. The minimum Gasteiger partial charge on any atom is -0.507 e. The number of aliphatic hydroxyl groups excluding tert-OH is 1. The molecule has 1 aliphatic heterocycles. The Kier molecular flexibility index (Phi) is 6.91. The summed E-state index contributed by atoms with van der Waals surface area (Å²) in [6.07, 6.45) is 0.395. The second-order valence-electron chi connectivity index (χ2n) is 7.77. The predicted molar refractivity (Wildman–Crippen MR) is 129 cm³/mol. The van der Waals surface area contributed by atoms with E-state index in [0.29, 0.717) is 22.8 Å². The number of nitrogens with zero attached hydrogens (tertiary/aromatic N) is 1. The maximum Gasteiger partial charge on any atom is 0.295 e. The number of hydrogen-bond donors (Lipinski definition) is 1. The Morgan fingerprint density at radius 3 is 2.32 bits per heavy atom. The third-order valence-electron chi connectivity index (χ3n) is 5.71. The third-order valence-corrected chi connectivity index (χ3v) is 6.25. The highest BCUT2D eigenvalue weighted by Gasteiger charge is 2.45. The molecule has 0 bridgehead atoms. The summed E-state index contributed by atoms with van der Waals surface area (Å²) in [4.78, 5) is 27.6. The summed E-state index contributed by atoms with van der Waals surface area (Å²) in [5, 5.41) is 11.9. The number of likely N-dealkylation sites (tertiary alicyclic amines) is 1. The number of halogens is 3. The lowest BCUT2D eigenvalue weighted by Crippen LogP contribution is -2.31. The molecule has 1 unspecified atom stereocenters. The van der Waals surface area contributed by atoms with Crippen LogP contribution in [-0.2, 0) is 16.0 Å². The number of ether oxygens (including phenoxy) is 1. The highest BCUT2D eigenvalue weighted by molar-refractivity contribution is 6.46. The molecule has 0 spiro atoms. The molecule has 0 radical (unpaired) electrons. The molecule has 0 aliphatic carbocycles. The molecule has 5 nitrogen and oxygen atoms in total. The standard InChI is InChI=1S/C26H20Cl2FNO4/c1-34-21-11-6-17(14-20(21)28)24(31)22-23(16-4-7-18(27)8-5-16)30(26(33)25(22)32)13-12-15-2-9-19(29)10-3-15/h2-11,14,23,31H,12-13H2,1H3/b24-22-. The number of aliphatic hydroxyl groups is 1. The van der Waals surface area contributed by atoms with Gasteiger partial charge in [-0.3, -0.25) is 9.59 Å². The van der Waals surface area contributed by atoms with Crippen LogP contribution in [0.2, 0.25) is 10.0 Å². The summed E-state index contributed by atoms with van der Waals surface area (Å²) in [6, 6.07) is 16.4. The largest absolute Gasteiger partial charge is 0.507 e. The second kappa shape index (κ2) is 9.87. The van der Waals surface area contributed by atoms with Gasteiger partial charge in [0.2, 0.25) is 0 Å². The average molecular weight is 500 g/mol. The van der Waals surface area contributed by atoms with E-state index in [0.717, 1.165) is 5.56 Å². The Morgan fingerprint density at radius 2 is 1.71 bits per heavy atom. The molecule has 34 heavy (non-hydrogen) atoms. The number of hydrogen-bond acceptors (Lipinski definition) is 4. The van der Waals surface area contributed by atoms with Crippen molar-refractivity contribution < 1.29 is 23.8 Å². The van der Waals surface area contributed by atoms with Crippen molar-refractivity contribution in [1.29, 1.82) is 0 Å². The number of benzene rings is 3. The highest BCUT2D eigenvalue weighted by atomic mass is 35.5. The molecule has 0 aromatic heterocycles. The molecule has 174 valence electrons. The Balaban J connectivity index is 1.77. The Hall–Kier alpha value is -3.35. The van der Waals surface area contributed by atoms with E-state index in [1.54, 1.807) is 48.5 Å². The van der Waals surface area contributed by atoms with Crippen LogP contribution in [0.5, 0.6) is 5.75 Å². The molecule has 4 rings (SSSR count). The van der Waals surface area contributed by atoms with Gasteiger partial charge in [0.15, 0.2) is 0 Å². The first-order valence-electron chi connectivity index (χ1n) is 10.4. The first-order valence-corrected chi connectivity index (χ1v) is 11.2. The molecule has 1 N–H and O–H groups in total. The molecule has 1 amide bonds. The number of carbonyl (C=O) groups is 2. The first-order chi connectivity index (χ1) is 16.3. The van der Waals surface area contributed by atoms with Crippen LogP contribution in [-0.4, -0.2) is 35.4 Å². The van der Waals surface area contributed by atoms with Crippen LogP contribution < -0.4 is 4.74 Å². The highest BCUT2D eigenvalue weighted by Crippen LogP contribution is 2.40. The van der Waals surface area contributed by atoms with Gasteiger partial charge in [-0.15, -0.1) is 0 Å². The van der Waals surface area contributed by atoms with E-state index in [1.807, 2.05) is 0 Å². The van der Waals surface area contributed by atoms with E-state index in [1.165, 1.54) is 30.2 Å². The van der Waals surface area contributed by atoms with E-state index >= 15 is 0 Å². The Labute approximate surface area is 206 Å². The van der Waals surface area contributed by atoms with Crippen molar-refractivity contribution in [3.8, 4) is 5.75 Å². The number of amides is 1. The quantitative estimate of drug-likeness (QED) is 0.264. The molecule has 3 aromatic carbocycles. The summed E-state index contributed by atoms with van der Waals surface area (Å²) in [5.41, 5.74) is 1.65. The minimum atomic E-state index is -0.835. The summed E-state index contributed by atoms with van der Waals surface area (Å²) in [6.45, 7) is 0.184. The maximum atomic E-state index is 13.3. The number of Topliss-reactive ketones (excluding diaryl/α,β-unsaturated/α-hetero) is 1. The molecular weight excluding hydrogens is 480 g/mol. The van der Waals surface area contributed by atoms with Gasteiger partial charge in [0.05, 0.1) is 23.7 Å². The van der Waals surface area contributed by atoms with Crippen molar-refractivity contribution in [2.75, 3.05) is 13.7 Å². The van der Waals surface area contributed by atoms with Crippen LogP contribution in [0.4, 0.5) is 4.39 Å². The van der Waals surface area contributed by atoms with E-state index in [-0.39, 0.29) is 34.3 Å². The van der Waals surface area contributed by atoms with Crippen molar-refractivity contribution in [1.82, 2.24) is 4.90 Å². The smallest absolute Gasteiger partial charge is 0.295 e. The minimum absolute atomic E-state index is 0.0485. The van der Waals surface area contributed by atoms with Gasteiger partial charge < -0.3 is 14.7 Å². The van der Waals surface area contributed by atoms with E-state index < -0.39 is 17.7 Å². The lowest BCUT2D eigenvalue weighted by Gasteiger charge is -2.25. The summed E-state index contributed by atoms with van der Waals surface area (Å²) in [5.74, 6) is -1.82. The third kappa shape index (κ3) is 4.65. The zero-order valence-electron chi connectivity index (χ0n) is 18.1. The van der Waals surface area contributed by atoms with Crippen LogP contribution in [0.25, 0.3) is 5.76 Å². The van der Waals surface area contributed by atoms with Crippen molar-refractivity contribution in [2.24, 2.45) is 0 Å². The van der Waals surface area contributed by atoms with Gasteiger partial charge in [0.1, 0.15) is 17.3 Å². The van der Waals surface area contributed by atoms with Crippen LogP contribution in [0.15, 0.2) is 72.3 Å². The molecular formula is C26H20Cl2FNO4. The zero-order valence-corrected chi connectivity index (χ0v) is 19.6. The second-order valence-corrected chi connectivity index (χ2v) is 8.61. The van der Waals surface area contributed by atoms with Gasteiger partial charge >= 0.3 is 0 Å². The normalized spacial score (nSPS) is 17.3. The van der Waals surface area contributed by atoms with E-state index in [4.69, 9.17) is 27.9 Å². The lowest BCUT2D eigenvalue weighted by atomic mass is 9.95. The van der Waals surface area contributed by atoms with Gasteiger partial charge in [0, 0.05) is 17.1 Å². The van der Waals surface area contributed by atoms with E-state index in [2.05, 4.69) is 0 Å². The molecule has 1 saturated heterocycles. The predicted octanol–water partition coefficient (Wildman–Crippen LogP) is 5.81. The fourth-order valence-corrected chi connectivity index (χ4v) is 4.36. The van der Waals surface area contributed by atoms with Gasteiger partial charge in [0.25, 0.3) is 11.7 Å². The van der Waals surface area contributed by atoms with Crippen LogP contribution in [0.3, 0.4) is 0 Å². The van der Waals surface area contributed by atoms with Gasteiger partial charge in [-0.05, 0) is 60.0 Å². The van der Waals surface area contributed by atoms with Crippen molar-refractivity contribution in [3.05, 3.63) is 105 Å². The van der Waals surface area contributed by atoms with Gasteiger partial charge in [-0.2, -0.15) is 0 Å². The Bertz CT molecular complexity index is 1270. The number of rotatable bonds is 6. The van der Waals surface area contributed by atoms with E-state index in [9.17, 15) is 19.1 Å². The number of methoxy groups -OCH3 is 1. The van der Waals surface area contributed by atoms with Crippen molar-refractivity contribution in [2.45, 2.75) is 12.5 Å². The van der Waals surface area contributed by atoms with Crippen molar-refractivity contribution in [3.63, 3.8) is 0 Å². The fourth-order valence-electron chi connectivity index (χ4n) is 3.97. The molecule has 1 fully saturated rings. The Morgan fingerprint density at radius 1 is 1.03 bits per heavy atom. The molecule has 1 atom stereocenters. The van der Waals surface area contributed by atoms with Gasteiger partial charge in [-0.1, -0.05) is 47.5 Å². The van der Waals surface area contributed by atoms with Crippen LogP contribution in [0, 0.1) is 5.82 Å². The van der Waals surface area contributed by atoms with Crippen molar-refractivity contribution >= 4 is 40.7 Å². The van der Waals surface area contributed by atoms with Crippen LogP contribution in [0.1, 0.15) is 22.7 Å². The molecule has 1 aliphatic rings. The monoisotopic (exact) mass is 499 g/mol. The molecule has 8 heteroatoms. The maximum absolute atomic E-state index is 13.3. The van der Waals surface area contributed by atoms with Gasteiger partial charge in [-0.25, -0.2) is 4.39 Å². The fraction of sp³-hybridized carbons (Fsp3) is 0.154. The topological polar surface area (TPSA) is 66.8 Å². The average Bonchev–Trinajstić information content (AvgIpc) is 3.08. The number of carbonyl (C=O) groups excluding carboxylic acids is 2. The SMILES string of the molecule is COc1ccc(/C(O)=C2/C(=O)C(=O)N(CCc3ccc(F)cc3)C2c2ccc(Cl)cc2)cc1Cl. The first kappa shape index (κ1) is 23.8. The molecule has 3 aromatic rings. The molecule has 1 heterocycles. The summed E-state index contributed by atoms with van der Waals surface area (Å²) >= 11 is 12.3. The molecule has 0 saturated carbocycles. The lowest BCUT2D eigenvalue weighted by molar-refractivity contribution is -0.139. The summed E-state index contributed by atoms with van der Waals surface area (Å²) in [7, 11) is 1.47. The van der Waals surface area contributed by atoms with Crippen LogP contribution >= 0.6 is 23.2 Å². The number of ketones is 1.